The lowest BCUT2D eigenvalue weighted by Gasteiger charge is -2.09. The minimum atomic E-state index is -1.13. The first-order valence-corrected chi connectivity index (χ1v) is 8.75. The standard InChI is InChI=1S/C20H18N4O5/c1-12-7-8-14(20(27)28)11-15(12)22-19(26)18(25)21-10-9-16-23-17(24-29-16)13-5-3-2-4-6-13/h2-8,11H,9-10H2,1H3,(H,21,25)(H,22,26)(H,27,28). The van der Waals surface area contributed by atoms with Crippen molar-refractivity contribution in [3.05, 3.63) is 65.5 Å². The van der Waals surface area contributed by atoms with Gasteiger partial charge in [-0.15, -0.1) is 0 Å². The second-order valence-electron chi connectivity index (χ2n) is 6.17. The van der Waals surface area contributed by atoms with Crippen LogP contribution in [0.4, 0.5) is 5.69 Å². The lowest BCUT2D eigenvalue weighted by Crippen LogP contribution is -2.36. The Morgan fingerprint density at radius 3 is 2.55 bits per heavy atom. The van der Waals surface area contributed by atoms with Gasteiger partial charge in [0, 0.05) is 24.2 Å². The highest BCUT2D eigenvalue weighted by atomic mass is 16.5. The maximum absolute atomic E-state index is 12.1. The number of aryl methyl sites for hydroxylation is 1. The molecule has 0 saturated carbocycles. The number of nitrogens with zero attached hydrogens (tertiary/aromatic N) is 2. The molecule has 1 heterocycles. The van der Waals surface area contributed by atoms with Gasteiger partial charge in [0.2, 0.25) is 11.7 Å². The topological polar surface area (TPSA) is 134 Å². The monoisotopic (exact) mass is 394 g/mol. The average Bonchev–Trinajstić information content (AvgIpc) is 3.19. The van der Waals surface area contributed by atoms with Crippen molar-refractivity contribution in [3.63, 3.8) is 0 Å². The number of carboxylic acids is 1. The van der Waals surface area contributed by atoms with Crippen LogP contribution in [0, 0.1) is 6.92 Å². The molecule has 0 fully saturated rings. The Kier molecular flexibility index (Phi) is 5.98. The molecule has 0 saturated heterocycles. The number of carboxylic acid groups (broad SMARTS) is 1. The Morgan fingerprint density at radius 1 is 1.07 bits per heavy atom. The number of hydrogen-bond acceptors (Lipinski definition) is 6. The van der Waals surface area contributed by atoms with Crippen molar-refractivity contribution in [3.8, 4) is 11.4 Å². The molecule has 0 atom stereocenters. The number of aromatic carboxylic acids is 1. The number of carbonyl (C=O) groups is 3. The minimum Gasteiger partial charge on any atom is -0.478 e. The van der Waals surface area contributed by atoms with Gasteiger partial charge in [0.15, 0.2) is 0 Å². The van der Waals surface area contributed by atoms with Crippen LogP contribution in [0.2, 0.25) is 0 Å². The number of nitrogens with one attached hydrogen (secondary N) is 2. The number of hydrogen-bond donors (Lipinski definition) is 3. The van der Waals surface area contributed by atoms with Crippen LogP contribution in [0.5, 0.6) is 0 Å². The van der Waals surface area contributed by atoms with Crippen LogP contribution >= 0.6 is 0 Å². The molecule has 2 aromatic carbocycles. The number of amides is 2. The van der Waals surface area contributed by atoms with Gasteiger partial charge in [0.05, 0.1) is 5.56 Å². The largest absolute Gasteiger partial charge is 0.478 e. The van der Waals surface area contributed by atoms with Crippen LogP contribution in [0.3, 0.4) is 0 Å². The third-order valence-electron chi connectivity index (χ3n) is 4.06. The summed E-state index contributed by atoms with van der Waals surface area (Å²) in [6.07, 6.45) is 0.256. The first-order valence-electron chi connectivity index (χ1n) is 8.75. The van der Waals surface area contributed by atoms with E-state index in [2.05, 4.69) is 20.8 Å². The zero-order valence-corrected chi connectivity index (χ0v) is 15.5. The first kappa shape index (κ1) is 19.7. The molecule has 2 amide bonds. The summed E-state index contributed by atoms with van der Waals surface area (Å²) >= 11 is 0. The molecule has 9 nitrogen and oxygen atoms in total. The number of aromatic nitrogens is 2. The van der Waals surface area contributed by atoms with Gasteiger partial charge in [0.25, 0.3) is 0 Å². The van der Waals surface area contributed by atoms with Crippen LogP contribution in [-0.4, -0.2) is 39.6 Å². The van der Waals surface area contributed by atoms with E-state index in [4.69, 9.17) is 9.63 Å². The molecule has 0 aliphatic rings. The molecule has 0 radical (unpaired) electrons. The molecular weight excluding hydrogens is 376 g/mol. The van der Waals surface area contributed by atoms with E-state index in [1.807, 2.05) is 30.3 Å². The number of rotatable bonds is 6. The van der Waals surface area contributed by atoms with Gasteiger partial charge in [-0.25, -0.2) is 4.79 Å². The molecule has 3 rings (SSSR count). The van der Waals surface area contributed by atoms with E-state index in [1.54, 1.807) is 13.0 Å². The van der Waals surface area contributed by atoms with Crippen LogP contribution in [-0.2, 0) is 16.0 Å². The highest BCUT2D eigenvalue weighted by molar-refractivity contribution is 6.39. The summed E-state index contributed by atoms with van der Waals surface area (Å²) in [5.41, 5.74) is 1.71. The quantitative estimate of drug-likeness (QED) is 0.545. The van der Waals surface area contributed by atoms with Crippen LogP contribution in [0.15, 0.2) is 53.1 Å². The Morgan fingerprint density at radius 2 is 1.83 bits per heavy atom. The van der Waals surface area contributed by atoms with E-state index in [0.29, 0.717) is 17.3 Å². The van der Waals surface area contributed by atoms with Crippen LogP contribution < -0.4 is 10.6 Å². The van der Waals surface area contributed by atoms with Crippen molar-refractivity contribution >= 4 is 23.5 Å². The van der Waals surface area contributed by atoms with Crippen molar-refractivity contribution in [2.24, 2.45) is 0 Å². The fourth-order valence-corrected chi connectivity index (χ4v) is 2.49. The van der Waals surface area contributed by atoms with Gasteiger partial charge >= 0.3 is 17.8 Å². The summed E-state index contributed by atoms with van der Waals surface area (Å²) in [5.74, 6) is -2.11. The average molecular weight is 394 g/mol. The van der Waals surface area contributed by atoms with E-state index in [1.165, 1.54) is 12.1 Å². The molecule has 1 aromatic heterocycles. The smallest absolute Gasteiger partial charge is 0.335 e. The van der Waals surface area contributed by atoms with Crippen molar-refractivity contribution in [1.29, 1.82) is 0 Å². The fourth-order valence-electron chi connectivity index (χ4n) is 2.49. The van der Waals surface area contributed by atoms with Crippen molar-refractivity contribution in [1.82, 2.24) is 15.5 Å². The van der Waals surface area contributed by atoms with Gasteiger partial charge in [-0.2, -0.15) is 4.98 Å². The second-order valence-corrected chi connectivity index (χ2v) is 6.17. The van der Waals surface area contributed by atoms with E-state index >= 15 is 0 Å². The Labute approximate surface area is 165 Å². The number of anilines is 1. The van der Waals surface area contributed by atoms with Gasteiger partial charge in [0.1, 0.15) is 0 Å². The molecule has 29 heavy (non-hydrogen) atoms. The number of benzene rings is 2. The Hall–Kier alpha value is -4.01. The van der Waals surface area contributed by atoms with E-state index < -0.39 is 17.8 Å². The van der Waals surface area contributed by atoms with E-state index in [0.717, 1.165) is 5.56 Å². The molecular formula is C20H18N4O5. The molecule has 9 heteroatoms. The maximum Gasteiger partial charge on any atom is 0.335 e. The van der Waals surface area contributed by atoms with Crippen molar-refractivity contribution < 1.29 is 24.0 Å². The van der Waals surface area contributed by atoms with Gasteiger partial charge in [-0.05, 0) is 24.6 Å². The summed E-state index contributed by atoms with van der Waals surface area (Å²) < 4.78 is 5.14. The van der Waals surface area contributed by atoms with Crippen molar-refractivity contribution in [2.75, 3.05) is 11.9 Å². The Bertz CT molecular complexity index is 1050. The fraction of sp³-hybridized carbons (Fsp3) is 0.150. The third kappa shape index (κ3) is 5.04. The Balaban J connectivity index is 1.52. The molecule has 3 aromatic rings. The summed E-state index contributed by atoms with van der Waals surface area (Å²) in [5, 5.41) is 17.8. The predicted molar refractivity (Wildman–Crippen MR) is 103 cm³/mol. The molecule has 0 unspecified atom stereocenters. The number of carbonyl (C=O) groups excluding carboxylic acids is 2. The van der Waals surface area contributed by atoms with Gasteiger partial charge in [-0.3, -0.25) is 9.59 Å². The predicted octanol–water partition coefficient (Wildman–Crippen LogP) is 2.04. The summed E-state index contributed by atoms with van der Waals surface area (Å²) in [7, 11) is 0. The van der Waals surface area contributed by atoms with E-state index in [-0.39, 0.29) is 24.2 Å². The van der Waals surface area contributed by atoms with E-state index in [9.17, 15) is 14.4 Å². The zero-order valence-electron chi connectivity index (χ0n) is 15.5. The molecule has 3 N–H and O–H groups in total. The van der Waals surface area contributed by atoms with Gasteiger partial charge in [-0.1, -0.05) is 41.6 Å². The lowest BCUT2D eigenvalue weighted by atomic mass is 10.1. The molecule has 0 aliphatic heterocycles. The maximum atomic E-state index is 12.1. The SMILES string of the molecule is Cc1ccc(C(=O)O)cc1NC(=O)C(=O)NCCc1nc(-c2ccccc2)no1. The molecule has 0 aliphatic carbocycles. The minimum absolute atomic E-state index is 0.0110. The summed E-state index contributed by atoms with van der Waals surface area (Å²) in [6, 6.07) is 13.6. The van der Waals surface area contributed by atoms with Crippen molar-refractivity contribution in [2.45, 2.75) is 13.3 Å². The molecule has 0 spiro atoms. The van der Waals surface area contributed by atoms with Crippen LogP contribution in [0.25, 0.3) is 11.4 Å². The normalized spacial score (nSPS) is 10.4. The third-order valence-corrected chi connectivity index (χ3v) is 4.06. The molecule has 148 valence electrons. The summed E-state index contributed by atoms with van der Waals surface area (Å²) in [4.78, 5) is 39.3. The highest BCUT2D eigenvalue weighted by Crippen LogP contribution is 2.17. The highest BCUT2D eigenvalue weighted by Gasteiger charge is 2.16. The second kappa shape index (κ2) is 8.79. The zero-order chi connectivity index (χ0) is 20.8. The molecule has 0 bridgehead atoms. The first-order chi connectivity index (χ1) is 13.9. The lowest BCUT2D eigenvalue weighted by molar-refractivity contribution is -0.136. The van der Waals surface area contributed by atoms with Crippen LogP contribution in [0.1, 0.15) is 21.8 Å². The van der Waals surface area contributed by atoms with Gasteiger partial charge < -0.3 is 20.3 Å². The summed E-state index contributed by atoms with van der Waals surface area (Å²) in [6.45, 7) is 1.82.